The molecule has 7 nitrogen and oxygen atoms in total. The standard InChI is InChI=1S/C10H15N3O4S2/c1-13(19(16,17)7-18(2,14)15)9-5-3-8(4-6-9)10(11)12/h3-6H,7H2,1-2H3,(H3,11,12). The number of amidine groups is 1. The van der Waals surface area contributed by atoms with E-state index in [2.05, 4.69) is 0 Å². The topological polar surface area (TPSA) is 121 Å². The Morgan fingerprint density at radius 3 is 2.05 bits per heavy atom. The van der Waals surface area contributed by atoms with Gasteiger partial charge in [-0.1, -0.05) is 0 Å². The molecule has 0 unspecified atom stereocenters. The number of nitrogens with zero attached hydrogens (tertiary/aromatic N) is 1. The molecular weight excluding hydrogens is 290 g/mol. The molecule has 1 aromatic carbocycles. The smallest absolute Gasteiger partial charge is 0.249 e. The molecule has 0 aliphatic heterocycles. The number of nitrogen functional groups attached to an aromatic ring is 1. The van der Waals surface area contributed by atoms with Gasteiger partial charge in [0.2, 0.25) is 10.0 Å². The number of rotatable bonds is 5. The highest BCUT2D eigenvalue weighted by Gasteiger charge is 2.23. The number of sulfonamides is 1. The molecular formula is C10H15N3O4S2. The first-order valence-corrected chi connectivity index (χ1v) is 8.79. The van der Waals surface area contributed by atoms with Crippen LogP contribution in [0.25, 0.3) is 0 Å². The second-order valence-electron chi connectivity index (χ2n) is 4.08. The lowest BCUT2D eigenvalue weighted by Gasteiger charge is -2.19. The fourth-order valence-electron chi connectivity index (χ4n) is 1.36. The lowest BCUT2D eigenvalue weighted by Crippen LogP contribution is -2.32. The number of hydrogen-bond donors (Lipinski definition) is 2. The summed E-state index contributed by atoms with van der Waals surface area (Å²) < 4.78 is 46.7. The number of benzene rings is 1. The second kappa shape index (κ2) is 5.17. The number of hydrogen-bond acceptors (Lipinski definition) is 5. The van der Waals surface area contributed by atoms with Gasteiger partial charge in [-0.3, -0.25) is 9.71 Å². The van der Waals surface area contributed by atoms with Crippen molar-refractivity contribution in [3.63, 3.8) is 0 Å². The zero-order chi connectivity index (χ0) is 14.8. The first-order valence-electron chi connectivity index (χ1n) is 5.12. The molecule has 19 heavy (non-hydrogen) atoms. The maximum absolute atomic E-state index is 11.8. The van der Waals surface area contributed by atoms with Gasteiger partial charge in [0, 0.05) is 18.9 Å². The fourth-order valence-corrected chi connectivity index (χ4v) is 4.60. The number of anilines is 1. The van der Waals surface area contributed by atoms with Crippen molar-refractivity contribution in [3.05, 3.63) is 29.8 Å². The van der Waals surface area contributed by atoms with E-state index in [-0.39, 0.29) is 5.84 Å². The largest absolute Gasteiger partial charge is 0.384 e. The Bertz CT molecular complexity index is 678. The molecule has 0 aromatic heterocycles. The molecule has 106 valence electrons. The summed E-state index contributed by atoms with van der Waals surface area (Å²) in [6.45, 7) is 0. The van der Waals surface area contributed by atoms with E-state index in [0.717, 1.165) is 10.6 Å². The van der Waals surface area contributed by atoms with Crippen LogP contribution in [0.1, 0.15) is 5.56 Å². The van der Waals surface area contributed by atoms with Crippen LogP contribution in [0, 0.1) is 5.41 Å². The summed E-state index contributed by atoms with van der Waals surface area (Å²) in [6.07, 6.45) is 0.858. The van der Waals surface area contributed by atoms with Gasteiger partial charge >= 0.3 is 0 Å². The average molecular weight is 305 g/mol. The number of nitrogens with one attached hydrogen (secondary N) is 1. The van der Waals surface area contributed by atoms with Crippen molar-refractivity contribution in [3.8, 4) is 0 Å². The summed E-state index contributed by atoms with van der Waals surface area (Å²) in [6, 6.07) is 5.89. The molecule has 0 heterocycles. The molecule has 9 heteroatoms. The van der Waals surface area contributed by atoms with Gasteiger partial charge < -0.3 is 5.73 Å². The third-order valence-electron chi connectivity index (χ3n) is 2.32. The lowest BCUT2D eigenvalue weighted by molar-refractivity contribution is 0.590. The molecule has 0 radical (unpaired) electrons. The van der Waals surface area contributed by atoms with E-state index >= 15 is 0 Å². The van der Waals surface area contributed by atoms with Gasteiger partial charge in [0.25, 0.3) is 0 Å². The molecule has 0 amide bonds. The van der Waals surface area contributed by atoms with Crippen molar-refractivity contribution >= 4 is 31.4 Å². The minimum Gasteiger partial charge on any atom is -0.384 e. The molecule has 0 saturated heterocycles. The minimum atomic E-state index is -3.94. The van der Waals surface area contributed by atoms with Crippen LogP contribution in [-0.4, -0.2) is 41.1 Å². The third kappa shape index (κ3) is 4.21. The van der Waals surface area contributed by atoms with Crippen LogP contribution in [0.2, 0.25) is 0 Å². The molecule has 0 saturated carbocycles. The van der Waals surface area contributed by atoms with Crippen molar-refractivity contribution < 1.29 is 16.8 Å². The Labute approximate surface area is 112 Å². The zero-order valence-corrected chi connectivity index (χ0v) is 12.1. The van der Waals surface area contributed by atoms with Gasteiger partial charge in [-0.05, 0) is 24.3 Å². The van der Waals surface area contributed by atoms with Gasteiger partial charge in [0.05, 0.1) is 5.69 Å². The summed E-state index contributed by atoms with van der Waals surface area (Å²) >= 11 is 0. The molecule has 0 aliphatic rings. The average Bonchev–Trinajstić information content (AvgIpc) is 2.25. The van der Waals surface area contributed by atoms with Gasteiger partial charge in [-0.2, -0.15) is 0 Å². The molecule has 0 bridgehead atoms. The van der Waals surface area contributed by atoms with E-state index in [1.54, 1.807) is 0 Å². The van der Waals surface area contributed by atoms with Crippen LogP contribution >= 0.6 is 0 Å². The Morgan fingerprint density at radius 2 is 1.68 bits per heavy atom. The molecule has 3 N–H and O–H groups in total. The molecule has 0 atom stereocenters. The highest BCUT2D eigenvalue weighted by atomic mass is 32.3. The van der Waals surface area contributed by atoms with E-state index in [1.807, 2.05) is 0 Å². The quantitative estimate of drug-likeness (QED) is 0.573. The highest BCUT2D eigenvalue weighted by Crippen LogP contribution is 2.17. The van der Waals surface area contributed by atoms with E-state index < -0.39 is 24.9 Å². The lowest BCUT2D eigenvalue weighted by atomic mass is 10.2. The molecule has 1 rings (SSSR count). The maximum Gasteiger partial charge on any atom is 0.249 e. The zero-order valence-electron chi connectivity index (χ0n) is 10.5. The first kappa shape index (κ1) is 15.4. The maximum atomic E-state index is 11.8. The SMILES string of the molecule is CN(c1ccc(C(=N)N)cc1)S(=O)(=O)CS(C)(=O)=O. The van der Waals surface area contributed by atoms with Crippen LogP contribution in [0.3, 0.4) is 0 Å². The first-order chi connectivity index (χ1) is 8.53. The van der Waals surface area contributed by atoms with Crippen LogP contribution < -0.4 is 10.0 Å². The van der Waals surface area contributed by atoms with E-state index in [4.69, 9.17) is 11.1 Å². The van der Waals surface area contributed by atoms with Crippen LogP contribution in [0.15, 0.2) is 24.3 Å². The van der Waals surface area contributed by atoms with E-state index in [0.29, 0.717) is 11.3 Å². The van der Waals surface area contributed by atoms with Crippen molar-refractivity contribution in [1.29, 1.82) is 5.41 Å². The molecule has 0 aliphatic carbocycles. The Kier molecular flexibility index (Phi) is 4.21. The van der Waals surface area contributed by atoms with Crippen molar-refractivity contribution in [2.24, 2.45) is 5.73 Å². The molecule has 0 fully saturated rings. The van der Waals surface area contributed by atoms with Gasteiger partial charge in [-0.15, -0.1) is 0 Å². The highest BCUT2D eigenvalue weighted by molar-refractivity contribution is 8.08. The van der Waals surface area contributed by atoms with E-state index in [1.165, 1.54) is 31.3 Å². The Balaban J connectivity index is 3.06. The normalized spacial score (nSPS) is 12.1. The summed E-state index contributed by atoms with van der Waals surface area (Å²) in [5.41, 5.74) is 6.04. The fraction of sp³-hybridized carbons (Fsp3) is 0.300. The summed E-state index contributed by atoms with van der Waals surface area (Å²) in [7, 11) is -6.32. The van der Waals surface area contributed by atoms with E-state index in [9.17, 15) is 16.8 Å². The number of sulfone groups is 1. The van der Waals surface area contributed by atoms with Crippen LogP contribution in [-0.2, 0) is 19.9 Å². The predicted molar refractivity (Wildman–Crippen MR) is 74.5 cm³/mol. The van der Waals surface area contributed by atoms with Gasteiger partial charge in [-0.25, -0.2) is 16.8 Å². The summed E-state index contributed by atoms with van der Waals surface area (Å²) in [5, 5.41) is 6.27. The Morgan fingerprint density at radius 1 is 1.21 bits per heavy atom. The van der Waals surface area contributed by atoms with Crippen LogP contribution in [0.5, 0.6) is 0 Å². The molecule has 0 spiro atoms. The van der Waals surface area contributed by atoms with Crippen molar-refractivity contribution in [2.75, 3.05) is 22.7 Å². The minimum absolute atomic E-state index is 0.131. The van der Waals surface area contributed by atoms with Crippen LogP contribution in [0.4, 0.5) is 5.69 Å². The van der Waals surface area contributed by atoms with Gasteiger partial charge in [0.15, 0.2) is 14.9 Å². The summed E-state index contributed by atoms with van der Waals surface area (Å²) in [5.74, 6) is -0.131. The summed E-state index contributed by atoms with van der Waals surface area (Å²) in [4.78, 5) is 0. The Hall–Kier alpha value is -1.61. The van der Waals surface area contributed by atoms with Gasteiger partial charge in [0.1, 0.15) is 5.84 Å². The second-order valence-corrected chi connectivity index (χ2v) is 8.59. The third-order valence-corrected chi connectivity index (χ3v) is 6.27. The molecule has 1 aromatic rings. The number of nitrogens with two attached hydrogens (primary N) is 1. The van der Waals surface area contributed by atoms with Crippen molar-refractivity contribution in [1.82, 2.24) is 0 Å². The predicted octanol–water partition coefficient (Wildman–Crippen LogP) is -0.261. The monoisotopic (exact) mass is 305 g/mol. The van der Waals surface area contributed by atoms with Crippen molar-refractivity contribution in [2.45, 2.75) is 0 Å².